The molecule has 0 aliphatic carbocycles. The second-order valence-corrected chi connectivity index (χ2v) is 5.05. The van der Waals surface area contributed by atoms with Gasteiger partial charge in [-0.25, -0.2) is 0 Å². The number of nitrogens with zero attached hydrogens (tertiary/aromatic N) is 4. The predicted molar refractivity (Wildman–Crippen MR) is 69.1 cm³/mol. The average molecular weight is 253 g/mol. The summed E-state index contributed by atoms with van der Waals surface area (Å²) >= 11 is 0. The molecule has 2 heterocycles. The van der Waals surface area contributed by atoms with Crippen LogP contribution in [0.1, 0.15) is 32.1 Å². The number of rotatable bonds is 5. The van der Waals surface area contributed by atoms with Crippen LogP contribution >= 0.6 is 0 Å². The van der Waals surface area contributed by atoms with Crippen LogP contribution in [0.25, 0.3) is 0 Å². The van der Waals surface area contributed by atoms with Gasteiger partial charge in [0.15, 0.2) is 0 Å². The Balaban J connectivity index is 1.94. The third-order valence-electron chi connectivity index (χ3n) is 3.28. The molecule has 1 unspecified atom stereocenters. The van der Waals surface area contributed by atoms with Gasteiger partial charge >= 0.3 is 0 Å². The van der Waals surface area contributed by atoms with Crippen LogP contribution in [-0.4, -0.2) is 52.0 Å². The lowest BCUT2D eigenvalue weighted by Crippen LogP contribution is -2.43. The van der Waals surface area contributed by atoms with E-state index in [-0.39, 0.29) is 6.10 Å². The SMILES string of the molecule is CC(C)n1cnnc1CN1CCOC(CCN)C1. The van der Waals surface area contributed by atoms with Gasteiger partial charge in [-0.15, -0.1) is 10.2 Å². The molecule has 2 N–H and O–H groups in total. The molecule has 0 amide bonds. The van der Waals surface area contributed by atoms with E-state index in [1.54, 1.807) is 6.33 Å². The zero-order valence-electron chi connectivity index (χ0n) is 11.2. The van der Waals surface area contributed by atoms with Crippen molar-refractivity contribution in [3.8, 4) is 0 Å². The maximum Gasteiger partial charge on any atom is 0.147 e. The zero-order chi connectivity index (χ0) is 13.0. The minimum absolute atomic E-state index is 0.263. The highest BCUT2D eigenvalue weighted by atomic mass is 16.5. The monoisotopic (exact) mass is 253 g/mol. The highest BCUT2D eigenvalue weighted by Gasteiger charge is 2.21. The quantitative estimate of drug-likeness (QED) is 0.823. The second-order valence-electron chi connectivity index (χ2n) is 5.05. The summed E-state index contributed by atoms with van der Waals surface area (Å²) in [6.45, 7) is 8.46. The topological polar surface area (TPSA) is 69.2 Å². The first-order chi connectivity index (χ1) is 8.70. The van der Waals surface area contributed by atoms with Gasteiger partial charge in [0.25, 0.3) is 0 Å². The van der Waals surface area contributed by atoms with Crippen LogP contribution in [0.5, 0.6) is 0 Å². The van der Waals surface area contributed by atoms with Crippen LogP contribution in [0, 0.1) is 0 Å². The van der Waals surface area contributed by atoms with Crippen molar-refractivity contribution in [1.29, 1.82) is 0 Å². The van der Waals surface area contributed by atoms with E-state index >= 15 is 0 Å². The summed E-state index contributed by atoms with van der Waals surface area (Å²) < 4.78 is 7.80. The van der Waals surface area contributed by atoms with Gasteiger partial charge in [-0.3, -0.25) is 4.90 Å². The Morgan fingerprint density at radius 2 is 2.39 bits per heavy atom. The molecular formula is C12H23N5O. The smallest absolute Gasteiger partial charge is 0.147 e. The lowest BCUT2D eigenvalue weighted by Gasteiger charge is -2.32. The van der Waals surface area contributed by atoms with Crippen molar-refractivity contribution in [2.45, 2.75) is 39.0 Å². The molecule has 1 aliphatic heterocycles. The van der Waals surface area contributed by atoms with Crippen molar-refractivity contribution in [3.63, 3.8) is 0 Å². The lowest BCUT2D eigenvalue weighted by molar-refractivity contribution is -0.0346. The van der Waals surface area contributed by atoms with Gasteiger partial charge < -0.3 is 15.0 Å². The van der Waals surface area contributed by atoms with Crippen molar-refractivity contribution in [3.05, 3.63) is 12.2 Å². The van der Waals surface area contributed by atoms with Crippen molar-refractivity contribution in [2.24, 2.45) is 5.73 Å². The molecule has 1 aromatic rings. The number of ether oxygens (including phenoxy) is 1. The van der Waals surface area contributed by atoms with Crippen LogP contribution in [0.4, 0.5) is 0 Å². The van der Waals surface area contributed by atoms with E-state index < -0.39 is 0 Å². The summed E-state index contributed by atoms with van der Waals surface area (Å²) in [6.07, 6.45) is 2.99. The molecule has 102 valence electrons. The molecule has 1 aliphatic rings. The van der Waals surface area contributed by atoms with Gasteiger partial charge in [-0.05, 0) is 26.8 Å². The number of hydrogen-bond donors (Lipinski definition) is 1. The molecule has 0 bridgehead atoms. The van der Waals surface area contributed by atoms with E-state index in [2.05, 4.69) is 33.5 Å². The molecule has 6 heteroatoms. The van der Waals surface area contributed by atoms with E-state index in [1.807, 2.05) is 0 Å². The van der Waals surface area contributed by atoms with E-state index in [9.17, 15) is 0 Å². The van der Waals surface area contributed by atoms with Crippen molar-refractivity contribution >= 4 is 0 Å². The van der Waals surface area contributed by atoms with E-state index in [4.69, 9.17) is 10.5 Å². The number of nitrogens with two attached hydrogens (primary N) is 1. The molecule has 0 spiro atoms. The van der Waals surface area contributed by atoms with E-state index in [1.165, 1.54) is 0 Å². The summed E-state index contributed by atoms with van der Waals surface area (Å²) in [6, 6.07) is 0.399. The summed E-state index contributed by atoms with van der Waals surface area (Å²) in [4.78, 5) is 2.37. The van der Waals surface area contributed by atoms with Gasteiger partial charge in [-0.2, -0.15) is 0 Å². The standard InChI is InChI=1S/C12H23N5O/c1-10(2)17-9-14-15-12(17)8-16-5-6-18-11(7-16)3-4-13/h9-11H,3-8,13H2,1-2H3. The highest BCUT2D eigenvalue weighted by Crippen LogP contribution is 2.13. The number of hydrogen-bond acceptors (Lipinski definition) is 5. The fourth-order valence-corrected chi connectivity index (χ4v) is 2.30. The maximum atomic E-state index is 5.68. The fourth-order valence-electron chi connectivity index (χ4n) is 2.30. The number of morpholine rings is 1. The number of aromatic nitrogens is 3. The maximum absolute atomic E-state index is 5.68. The average Bonchev–Trinajstić information content (AvgIpc) is 2.78. The largest absolute Gasteiger partial charge is 0.376 e. The van der Waals surface area contributed by atoms with Crippen molar-refractivity contribution < 1.29 is 4.74 Å². The molecule has 2 rings (SSSR count). The van der Waals surface area contributed by atoms with Crippen LogP contribution in [0.15, 0.2) is 6.33 Å². The normalized spacial score (nSPS) is 21.7. The Morgan fingerprint density at radius 3 is 3.11 bits per heavy atom. The Labute approximate surface area is 108 Å². The Hall–Kier alpha value is -0.980. The third-order valence-corrected chi connectivity index (χ3v) is 3.28. The first-order valence-corrected chi connectivity index (χ1v) is 6.63. The third kappa shape index (κ3) is 3.28. The van der Waals surface area contributed by atoms with Crippen LogP contribution in [0.2, 0.25) is 0 Å². The Bertz CT molecular complexity index is 363. The second kappa shape index (κ2) is 6.26. The van der Waals surface area contributed by atoms with Crippen LogP contribution in [-0.2, 0) is 11.3 Å². The molecule has 0 radical (unpaired) electrons. The molecule has 6 nitrogen and oxygen atoms in total. The minimum atomic E-state index is 0.263. The molecule has 0 aromatic carbocycles. The van der Waals surface area contributed by atoms with Crippen LogP contribution < -0.4 is 5.73 Å². The molecule has 1 saturated heterocycles. The molecule has 1 atom stereocenters. The van der Waals surface area contributed by atoms with Crippen molar-refractivity contribution in [2.75, 3.05) is 26.2 Å². The zero-order valence-corrected chi connectivity index (χ0v) is 11.2. The van der Waals surface area contributed by atoms with Gasteiger partial charge in [0.1, 0.15) is 12.2 Å². The van der Waals surface area contributed by atoms with Gasteiger partial charge in [0.2, 0.25) is 0 Å². The molecule has 1 fully saturated rings. The Morgan fingerprint density at radius 1 is 1.56 bits per heavy atom. The Kier molecular flexibility index (Phi) is 4.68. The lowest BCUT2D eigenvalue weighted by atomic mass is 10.2. The first kappa shape index (κ1) is 13.5. The van der Waals surface area contributed by atoms with Crippen LogP contribution in [0.3, 0.4) is 0 Å². The van der Waals surface area contributed by atoms with Gasteiger partial charge in [0.05, 0.1) is 19.3 Å². The van der Waals surface area contributed by atoms with E-state index in [0.717, 1.165) is 38.5 Å². The summed E-state index contributed by atoms with van der Waals surface area (Å²) in [5.74, 6) is 1.03. The molecular weight excluding hydrogens is 230 g/mol. The summed E-state index contributed by atoms with van der Waals surface area (Å²) in [7, 11) is 0. The predicted octanol–water partition coefficient (Wildman–Crippen LogP) is 0.409. The van der Waals surface area contributed by atoms with Gasteiger partial charge in [0, 0.05) is 19.1 Å². The highest BCUT2D eigenvalue weighted by molar-refractivity contribution is 4.89. The summed E-state index contributed by atoms with van der Waals surface area (Å²) in [5, 5.41) is 8.21. The van der Waals surface area contributed by atoms with Crippen molar-refractivity contribution in [1.82, 2.24) is 19.7 Å². The summed E-state index contributed by atoms with van der Waals surface area (Å²) in [5.41, 5.74) is 5.58. The molecule has 0 saturated carbocycles. The van der Waals surface area contributed by atoms with Gasteiger partial charge in [-0.1, -0.05) is 0 Å². The minimum Gasteiger partial charge on any atom is -0.376 e. The van der Waals surface area contributed by atoms with E-state index in [0.29, 0.717) is 12.6 Å². The first-order valence-electron chi connectivity index (χ1n) is 6.63. The molecule has 1 aromatic heterocycles. The molecule has 18 heavy (non-hydrogen) atoms. The fraction of sp³-hybridized carbons (Fsp3) is 0.833.